The predicted molar refractivity (Wildman–Crippen MR) is 102 cm³/mol. The van der Waals surface area contributed by atoms with Gasteiger partial charge in [0.2, 0.25) is 5.91 Å². The van der Waals surface area contributed by atoms with E-state index in [0.717, 1.165) is 23.6 Å². The molecule has 1 unspecified atom stereocenters. The lowest BCUT2D eigenvalue weighted by atomic mass is 10.2. The summed E-state index contributed by atoms with van der Waals surface area (Å²) in [7, 11) is 0. The van der Waals surface area contributed by atoms with Crippen LogP contribution >= 0.6 is 27.7 Å². The first kappa shape index (κ1) is 17.8. The SMILES string of the molecule is CSCCC(NC(=O)C=Cc1ccc(Br)o1)c1nnc2ccccn12. The van der Waals surface area contributed by atoms with E-state index in [1.165, 1.54) is 6.08 Å². The molecule has 6 nitrogen and oxygen atoms in total. The third-order valence-electron chi connectivity index (χ3n) is 3.57. The number of hydrogen-bond donors (Lipinski definition) is 1. The molecule has 0 aliphatic rings. The fraction of sp³-hybridized carbons (Fsp3) is 0.235. The van der Waals surface area contributed by atoms with E-state index in [2.05, 4.69) is 31.4 Å². The van der Waals surface area contributed by atoms with Gasteiger partial charge in [0.25, 0.3) is 0 Å². The molecule has 3 aromatic heterocycles. The maximum absolute atomic E-state index is 12.3. The second-order valence-corrected chi connectivity index (χ2v) is 7.07. The number of rotatable bonds is 7. The molecule has 1 N–H and O–H groups in total. The summed E-state index contributed by atoms with van der Waals surface area (Å²) in [6, 6.07) is 9.06. The summed E-state index contributed by atoms with van der Waals surface area (Å²) in [4.78, 5) is 12.3. The quantitative estimate of drug-likeness (QED) is 0.589. The van der Waals surface area contributed by atoms with Crippen LogP contribution in [0.5, 0.6) is 0 Å². The number of nitrogens with one attached hydrogen (secondary N) is 1. The normalized spacial score (nSPS) is 12.7. The minimum atomic E-state index is -0.217. The number of carbonyl (C=O) groups excluding carboxylic acids is 1. The van der Waals surface area contributed by atoms with E-state index >= 15 is 0 Å². The van der Waals surface area contributed by atoms with Crippen molar-refractivity contribution in [2.45, 2.75) is 12.5 Å². The van der Waals surface area contributed by atoms with Gasteiger partial charge in [-0.1, -0.05) is 6.07 Å². The predicted octanol–water partition coefficient (Wildman–Crippen LogP) is 3.71. The van der Waals surface area contributed by atoms with Crippen LogP contribution in [0.3, 0.4) is 0 Å². The van der Waals surface area contributed by atoms with Crippen LogP contribution in [0.1, 0.15) is 24.0 Å². The maximum atomic E-state index is 12.3. The van der Waals surface area contributed by atoms with Crippen LogP contribution in [-0.2, 0) is 4.79 Å². The number of halogens is 1. The van der Waals surface area contributed by atoms with E-state index < -0.39 is 0 Å². The molecule has 0 radical (unpaired) electrons. The second-order valence-electron chi connectivity index (χ2n) is 5.30. The van der Waals surface area contributed by atoms with Gasteiger partial charge >= 0.3 is 0 Å². The zero-order valence-corrected chi connectivity index (χ0v) is 16.0. The van der Waals surface area contributed by atoms with Crippen molar-refractivity contribution in [1.29, 1.82) is 0 Å². The number of pyridine rings is 1. The third-order valence-corrected chi connectivity index (χ3v) is 4.64. The molecule has 3 aromatic rings. The van der Waals surface area contributed by atoms with Crippen molar-refractivity contribution in [3.63, 3.8) is 0 Å². The lowest BCUT2D eigenvalue weighted by molar-refractivity contribution is -0.117. The lowest BCUT2D eigenvalue weighted by Gasteiger charge is -2.15. The number of fused-ring (bicyclic) bond motifs is 1. The van der Waals surface area contributed by atoms with Crippen LogP contribution in [0.25, 0.3) is 11.7 Å². The van der Waals surface area contributed by atoms with Crippen LogP contribution in [0.2, 0.25) is 0 Å². The van der Waals surface area contributed by atoms with Crippen molar-refractivity contribution in [3.05, 3.63) is 58.9 Å². The van der Waals surface area contributed by atoms with E-state index in [4.69, 9.17) is 4.42 Å². The number of aromatic nitrogens is 3. The molecule has 3 rings (SSSR count). The van der Waals surface area contributed by atoms with Crippen molar-refractivity contribution in [1.82, 2.24) is 19.9 Å². The summed E-state index contributed by atoms with van der Waals surface area (Å²) < 4.78 is 7.88. The third kappa shape index (κ3) is 4.52. The Morgan fingerprint density at radius 2 is 2.28 bits per heavy atom. The number of thioether (sulfide) groups is 1. The number of nitrogens with zero attached hydrogens (tertiary/aromatic N) is 3. The van der Waals surface area contributed by atoms with Crippen LogP contribution in [0.4, 0.5) is 0 Å². The summed E-state index contributed by atoms with van der Waals surface area (Å²) in [6.45, 7) is 0. The van der Waals surface area contributed by atoms with Gasteiger partial charge in [-0.15, -0.1) is 10.2 Å². The Hall–Kier alpha value is -2.06. The van der Waals surface area contributed by atoms with Gasteiger partial charge in [0.05, 0.1) is 6.04 Å². The molecule has 0 spiro atoms. The number of amides is 1. The van der Waals surface area contributed by atoms with Gasteiger partial charge in [-0.3, -0.25) is 9.20 Å². The van der Waals surface area contributed by atoms with E-state index in [9.17, 15) is 4.79 Å². The fourth-order valence-corrected chi connectivity index (χ4v) is 3.19. The Morgan fingerprint density at radius 3 is 3.04 bits per heavy atom. The molecule has 25 heavy (non-hydrogen) atoms. The van der Waals surface area contributed by atoms with Crippen LogP contribution < -0.4 is 5.32 Å². The topological polar surface area (TPSA) is 72.4 Å². The molecule has 8 heteroatoms. The summed E-state index contributed by atoms with van der Waals surface area (Å²) >= 11 is 4.96. The van der Waals surface area contributed by atoms with Crippen molar-refractivity contribution < 1.29 is 9.21 Å². The minimum Gasteiger partial charge on any atom is -0.450 e. The van der Waals surface area contributed by atoms with Crippen molar-refractivity contribution >= 4 is 45.3 Å². The molecule has 0 bridgehead atoms. The van der Waals surface area contributed by atoms with Crippen LogP contribution in [0, 0.1) is 0 Å². The van der Waals surface area contributed by atoms with E-state index in [0.29, 0.717) is 10.4 Å². The highest BCUT2D eigenvalue weighted by molar-refractivity contribution is 9.10. The van der Waals surface area contributed by atoms with Gasteiger partial charge in [-0.05, 0) is 64.7 Å². The van der Waals surface area contributed by atoms with Gasteiger partial charge in [0, 0.05) is 12.3 Å². The van der Waals surface area contributed by atoms with Gasteiger partial charge in [-0.25, -0.2) is 0 Å². The van der Waals surface area contributed by atoms with Crippen LogP contribution in [-0.4, -0.2) is 32.5 Å². The molecule has 1 amide bonds. The zero-order valence-electron chi connectivity index (χ0n) is 13.6. The first-order valence-electron chi connectivity index (χ1n) is 7.70. The monoisotopic (exact) mass is 420 g/mol. The summed E-state index contributed by atoms with van der Waals surface area (Å²) in [5.74, 6) is 2.04. The van der Waals surface area contributed by atoms with Crippen molar-refractivity contribution in [2.75, 3.05) is 12.0 Å². The van der Waals surface area contributed by atoms with Gasteiger partial charge in [0.15, 0.2) is 16.1 Å². The molecule has 0 aromatic carbocycles. The van der Waals surface area contributed by atoms with Gasteiger partial charge in [-0.2, -0.15) is 11.8 Å². The van der Waals surface area contributed by atoms with Crippen molar-refractivity contribution in [2.24, 2.45) is 0 Å². The Kier molecular flexibility index (Phi) is 5.93. The first-order valence-corrected chi connectivity index (χ1v) is 9.88. The standard InChI is InChI=1S/C17H17BrN4O2S/c1-25-11-9-13(17-21-20-15-4-2-3-10-22(15)17)19-16(23)8-6-12-5-7-14(18)24-12/h2-8,10,13H,9,11H2,1H3,(H,19,23). The second kappa shape index (κ2) is 8.35. The van der Waals surface area contributed by atoms with Gasteiger partial charge in [0.1, 0.15) is 5.76 Å². The molecular formula is C17H17BrN4O2S. The maximum Gasteiger partial charge on any atom is 0.244 e. The van der Waals surface area contributed by atoms with E-state index in [1.807, 2.05) is 35.1 Å². The van der Waals surface area contributed by atoms with Gasteiger partial charge < -0.3 is 9.73 Å². The largest absolute Gasteiger partial charge is 0.450 e. The molecule has 3 heterocycles. The molecule has 0 aliphatic heterocycles. The summed E-state index contributed by atoms with van der Waals surface area (Å²) in [5, 5.41) is 11.4. The highest BCUT2D eigenvalue weighted by atomic mass is 79.9. The Morgan fingerprint density at radius 1 is 1.40 bits per heavy atom. The van der Waals surface area contributed by atoms with E-state index in [1.54, 1.807) is 30.0 Å². The Bertz CT molecular complexity index is 890. The van der Waals surface area contributed by atoms with Crippen molar-refractivity contribution in [3.8, 4) is 0 Å². The fourth-order valence-electron chi connectivity index (χ4n) is 2.39. The van der Waals surface area contributed by atoms with E-state index in [-0.39, 0.29) is 11.9 Å². The zero-order chi connectivity index (χ0) is 17.6. The average molecular weight is 421 g/mol. The summed E-state index contributed by atoms with van der Waals surface area (Å²) in [6.07, 6.45) is 7.80. The lowest BCUT2D eigenvalue weighted by Crippen LogP contribution is -2.29. The first-order chi connectivity index (χ1) is 12.2. The molecule has 130 valence electrons. The molecular weight excluding hydrogens is 404 g/mol. The van der Waals surface area contributed by atoms with Crippen LogP contribution in [0.15, 0.2) is 51.7 Å². The Balaban J connectivity index is 1.76. The smallest absolute Gasteiger partial charge is 0.244 e. The number of carbonyl (C=O) groups is 1. The highest BCUT2D eigenvalue weighted by Gasteiger charge is 2.19. The average Bonchev–Trinajstić information content (AvgIpc) is 3.23. The molecule has 0 fully saturated rings. The molecule has 0 saturated heterocycles. The molecule has 0 saturated carbocycles. The Labute approximate surface area is 157 Å². The molecule has 0 aliphatic carbocycles. The number of furan rings is 1. The minimum absolute atomic E-state index is 0.202. The molecule has 1 atom stereocenters. The highest BCUT2D eigenvalue weighted by Crippen LogP contribution is 2.19. The number of hydrogen-bond acceptors (Lipinski definition) is 5. The summed E-state index contributed by atoms with van der Waals surface area (Å²) in [5.41, 5.74) is 0.761.